The first-order valence-corrected chi connectivity index (χ1v) is 8.44. The molecule has 1 N–H and O–H groups in total. The molecule has 2 aromatic carbocycles. The van der Waals surface area contributed by atoms with Gasteiger partial charge in [0.2, 0.25) is 5.91 Å². The monoisotopic (exact) mass is 330 g/mol. The Morgan fingerprint density at radius 3 is 2.60 bits per heavy atom. The van der Waals surface area contributed by atoms with Gasteiger partial charge >= 0.3 is 0 Å². The number of benzene rings is 2. The first-order valence-electron chi connectivity index (χ1n) is 8.44. The number of pyridine rings is 1. The maximum atomic E-state index is 12.3. The summed E-state index contributed by atoms with van der Waals surface area (Å²) in [6.45, 7) is 4.66. The molecule has 1 amide bonds. The van der Waals surface area contributed by atoms with E-state index in [1.807, 2.05) is 42.6 Å². The zero-order valence-corrected chi connectivity index (χ0v) is 14.6. The first-order chi connectivity index (χ1) is 12.1. The third-order valence-corrected chi connectivity index (χ3v) is 4.40. The van der Waals surface area contributed by atoms with E-state index in [0.29, 0.717) is 13.0 Å². The Bertz CT molecular complexity index is 872. The van der Waals surface area contributed by atoms with Crippen molar-refractivity contribution in [3.63, 3.8) is 0 Å². The summed E-state index contributed by atoms with van der Waals surface area (Å²) in [5.41, 5.74) is 6.75. The average molecular weight is 330 g/mol. The van der Waals surface area contributed by atoms with Gasteiger partial charge in [-0.15, -0.1) is 0 Å². The highest BCUT2D eigenvalue weighted by Crippen LogP contribution is 2.22. The van der Waals surface area contributed by atoms with Crippen molar-refractivity contribution in [2.45, 2.75) is 26.8 Å². The lowest BCUT2D eigenvalue weighted by molar-refractivity contribution is -0.120. The van der Waals surface area contributed by atoms with Crippen molar-refractivity contribution >= 4 is 5.91 Å². The molecule has 0 aliphatic carbocycles. The SMILES string of the molecule is Cc1ccc(CC(=O)NCc2ccccc2-c2cccnc2)cc1C. The van der Waals surface area contributed by atoms with E-state index >= 15 is 0 Å². The van der Waals surface area contributed by atoms with Crippen LogP contribution in [0.4, 0.5) is 0 Å². The number of rotatable bonds is 5. The number of carbonyl (C=O) groups excluding carboxylic acids is 1. The van der Waals surface area contributed by atoms with Gasteiger partial charge in [0.25, 0.3) is 0 Å². The van der Waals surface area contributed by atoms with Crippen molar-refractivity contribution in [1.29, 1.82) is 0 Å². The molecule has 1 heterocycles. The third-order valence-electron chi connectivity index (χ3n) is 4.40. The summed E-state index contributed by atoms with van der Waals surface area (Å²) < 4.78 is 0. The second-order valence-corrected chi connectivity index (χ2v) is 6.27. The van der Waals surface area contributed by atoms with Gasteiger partial charge < -0.3 is 5.32 Å². The Morgan fingerprint density at radius 2 is 1.84 bits per heavy atom. The zero-order valence-electron chi connectivity index (χ0n) is 14.6. The summed E-state index contributed by atoms with van der Waals surface area (Å²) in [7, 11) is 0. The quantitative estimate of drug-likeness (QED) is 0.761. The topological polar surface area (TPSA) is 42.0 Å². The summed E-state index contributed by atoms with van der Waals surface area (Å²) in [6, 6.07) is 18.2. The molecule has 0 saturated heterocycles. The van der Waals surface area contributed by atoms with Crippen molar-refractivity contribution in [3.05, 3.63) is 89.2 Å². The molecule has 126 valence electrons. The number of aromatic nitrogens is 1. The van der Waals surface area contributed by atoms with Crippen LogP contribution in [0.25, 0.3) is 11.1 Å². The van der Waals surface area contributed by atoms with Crippen molar-refractivity contribution in [3.8, 4) is 11.1 Å². The lowest BCUT2D eigenvalue weighted by atomic mass is 10.0. The molecule has 1 aromatic heterocycles. The van der Waals surface area contributed by atoms with Crippen LogP contribution >= 0.6 is 0 Å². The molecule has 25 heavy (non-hydrogen) atoms. The lowest BCUT2D eigenvalue weighted by Crippen LogP contribution is -2.24. The van der Waals surface area contributed by atoms with Gasteiger partial charge in [-0.05, 0) is 47.7 Å². The molecule has 3 heteroatoms. The minimum Gasteiger partial charge on any atom is -0.352 e. The highest BCUT2D eigenvalue weighted by Gasteiger charge is 2.08. The molecule has 0 spiro atoms. The van der Waals surface area contributed by atoms with Crippen LogP contribution < -0.4 is 5.32 Å². The van der Waals surface area contributed by atoms with Gasteiger partial charge in [-0.3, -0.25) is 9.78 Å². The molecule has 0 unspecified atom stereocenters. The van der Waals surface area contributed by atoms with Crippen LogP contribution in [0.15, 0.2) is 67.0 Å². The van der Waals surface area contributed by atoms with Crippen LogP contribution in [0, 0.1) is 13.8 Å². The van der Waals surface area contributed by atoms with Gasteiger partial charge in [0.05, 0.1) is 6.42 Å². The van der Waals surface area contributed by atoms with Crippen LogP contribution in [0.5, 0.6) is 0 Å². The number of hydrogen-bond donors (Lipinski definition) is 1. The Hall–Kier alpha value is -2.94. The Balaban J connectivity index is 1.67. The predicted octanol–water partition coefficient (Wildman–Crippen LogP) is 4.22. The lowest BCUT2D eigenvalue weighted by Gasteiger charge is -2.11. The highest BCUT2D eigenvalue weighted by atomic mass is 16.1. The minimum absolute atomic E-state index is 0.0317. The van der Waals surface area contributed by atoms with Gasteiger partial charge in [-0.2, -0.15) is 0 Å². The molecule has 0 saturated carbocycles. The fraction of sp³-hybridized carbons (Fsp3) is 0.182. The van der Waals surface area contributed by atoms with Gasteiger partial charge in [-0.25, -0.2) is 0 Å². The molecule has 0 bridgehead atoms. The molecule has 0 fully saturated rings. The molecular weight excluding hydrogens is 308 g/mol. The largest absolute Gasteiger partial charge is 0.352 e. The Morgan fingerprint density at radius 1 is 1.00 bits per heavy atom. The van der Waals surface area contributed by atoms with E-state index in [2.05, 4.69) is 42.3 Å². The van der Waals surface area contributed by atoms with Crippen LogP contribution in [0.2, 0.25) is 0 Å². The number of hydrogen-bond acceptors (Lipinski definition) is 2. The fourth-order valence-electron chi connectivity index (χ4n) is 2.83. The number of nitrogens with one attached hydrogen (secondary N) is 1. The smallest absolute Gasteiger partial charge is 0.224 e. The van der Waals surface area contributed by atoms with Crippen molar-refractivity contribution in [2.75, 3.05) is 0 Å². The molecule has 0 atom stereocenters. The minimum atomic E-state index is 0.0317. The molecule has 0 radical (unpaired) electrons. The summed E-state index contributed by atoms with van der Waals surface area (Å²) in [6.07, 6.45) is 4.00. The van der Waals surface area contributed by atoms with Crippen molar-refractivity contribution in [2.24, 2.45) is 0 Å². The highest BCUT2D eigenvalue weighted by molar-refractivity contribution is 5.79. The van der Waals surface area contributed by atoms with Crippen LogP contribution in [-0.2, 0) is 17.8 Å². The second kappa shape index (κ2) is 7.75. The van der Waals surface area contributed by atoms with Crippen molar-refractivity contribution < 1.29 is 4.79 Å². The van der Waals surface area contributed by atoms with E-state index in [1.165, 1.54) is 11.1 Å². The van der Waals surface area contributed by atoms with E-state index in [0.717, 1.165) is 22.3 Å². The van der Waals surface area contributed by atoms with E-state index in [9.17, 15) is 4.79 Å². The van der Waals surface area contributed by atoms with Gasteiger partial charge in [0, 0.05) is 24.5 Å². The maximum absolute atomic E-state index is 12.3. The number of nitrogens with zero attached hydrogens (tertiary/aromatic N) is 1. The molecule has 0 aliphatic rings. The molecule has 0 aliphatic heterocycles. The number of amides is 1. The molecule has 3 aromatic rings. The van der Waals surface area contributed by atoms with E-state index in [4.69, 9.17) is 0 Å². The summed E-state index contributed by atoms with van der Waals surface area (Å²) in [5, 5.41) is 3.03. The normalized spacial score (nSPS) is 10.5. The van der Waals surface area contributed by atoms with Crippen LogP contribution in [0.1, 0.15) is 22.3 Å². The fourth-order valence-corrected chi connectivity index (χ4v) is 2.83. The zero-order chi connectivity index (χ0) is 17.6. The van der Waals surface area contributed by atoms with Gasteiger partial charge in [-0.1, -0.05) is 48.5 Å². The predicted molar refractivity (Wildman–Crippen MR) is 101 cm³/mol. The molecule has 3 rings (SSSR count). The average Bonchev–Trinajstić information content (AvgIpc) is 2.64. The maximum Gasteiger partial charge on any atom is 0.224 e. The van der Waals surface area contributed by atoms with Crippen LogP contribution in [0.3, 0.4) is 0 Å². The van der Waals surface area contributed by atoms with E-state index in [1.54, 1.807) is 6.20 Å². The molecule has 3 nitrogen and oxygen atoms in total. The summed E-state index contributed by atoms with van der Waals surface area (Å²) >= 11 is 0. The van der Waals surface area contributed by atoms with E-state index in [-0.39, 0.29) is 5.91 Å². The Labute approximate surface area is 148 Å². The summed E-state index contributed by atoms with van der Waals surface area (Å²) in [5.74, 6) is 0.0317. The molecular formula is C22H22N2O. The van der Waals surface area contributed by atoms with Crippen LogP contribution in [-0.4, -0.2) is 10.9 Å². The standard InChI is InChI=1S/C22H22N2O/c1-16-9-10-18(12-17(16)2)13-22(25)24-15-20-6-3-4-8-21(20)19-7-5-11-23-14-19/h3-12,14H,13,15H2,1-2H3,(H,24,25). The van der Waals surface area contributed by atoms with Crippen molar-refractivity contribution in [1.82, 2.24) is 10.3 Å². The van der Waals surface area contributed by atoms with E-state index < -0.39 is 0 Å². The first kappa shape index (κ1) is 16.9. The van der Waals surface area contributed by atoms with Gasteiger partial charge in [0.15, 0.2) is 0 Å². The third kappa shape index (κ3) is 4.32. The number of carbonyl (C=O) groups is 1. The van der Waals surface area contributed by atoms with Gasteiger partial charge in [0.1, 0.15) is 0 Å². The number of aryl methyl sites for hydroxylation is 2. The summed E-state index contributed by atoms with van der Waals surface area (Å²) in [4.78, 5) is 16.5. The Kier molecular flexibility index (Phi) is 5.24. The second-order valence-electron chi connectivity index (χ2n) is 6.27.